The molecule has 1 amide bonds. The van der Waals surface area contributed by atoms with Crippen LogP contribution in [0.2, 0.25) is 0 Å². The number of carbonyl (C=O) groups excluding carboxylic acids is 1. The summed E-state index contributed by atoms with van der Waals surface area (Å²) in [6.45, 7) is 5.54. The van der Waals surface area contributed by atoms with Gasteiger partial charge in [-0.15, -0.1) is 12.4 Å². The summed E-state index contributed by atoms with van der Waals surface area (Å²) < 4.78 is 27.1. The van der Waals surface area contributed by atoms with Crippen LogP contribution in [0.5, 0.6) is 0 Å². The largest absolute Gasteiger partial charge is 0.337 e. The van der Waals surface area contributed by atoms with Gasteiger partial charge in [-0.1, -0.05) is 12.1 Å². The molecule has 1 saturated carbocycles. The summed E-state index contributed by atoms with van der Waals surface area (Å²) in [7, 11) is 0. The molecule has 1 N–H and O–H groups in total. The summed E-state index contributed by atoms with van der Waals surface area (Å²) in [6.07, 6.45) is 0.615. The molecule has 2 fully saturated rings. The molecule has 22 heavy (non-hydrogen) atoms. The van der Waals surface area contributed by atoms with Gasteiger partial charge in [0.2, 0.25) is 5.91 Å². The van der Waals surface area contributed by atoms with Gasteiger partial charge in [0.15, 0.2) is 11.6 Å². The first kappa shape index (κ1) is 17.2. The Morgan fingerprint density at radius 1 is 1.32 bits per heavy atom. The second-order valence-corrected chi connectivity index (χ2v) is 6.11. The predicted molar refractivity (Wildman–Crippen MR) is 83.1 cm³/mol. The Morgan fingerprint density at radius 2 is 2.05 bits per heavy atom. The van der Waals surface area contributed by atoms with Gasteiger partial charge >= 0.3 is 0 Å². The van der Waals surface area contributed by atoms with Gasteiger partial charge in [-0.3, -0.25) is 4.79 Å². The van der Waals surface area contributed by atoms with Crippen molar-refractivity contribution in [3.05, 3.63) is 35.4 Å². The van der Waals surface area contributed by atoms with Crippen LogP contribution in [0.4, 0.5) is 8.78 Å². The van der Waals surface area contributed by atoms with E-state index in [-0.39, 0.29) is 42.2 Å². The number of piperazine rings is 1. The molecular formula is C16H21ClF2N2O. The summed E-state index contributed by atoms with van der Waals surface area (Å²) in [6, 6.07) is 4.58. The number of nitrogens with zero attached hydrogens (tertiary/aromatic N) is 1. The number of benzene rings is 1. The molecule has 3 rings (SSSR count). The molecule has 3 nitrogen and oxygen atoms in total. The van der Waals surface area contributed by atoms with Crippen molar-refractivity contribution in [2.24, 2.45) is 5.92 Å². The summed E-state index contributed by atoms with van der Waals surface area (Å²) >= 11 is 0. The normalized spacial score (nSPS) is 30.6. The molecule has 1 saturated heterocycles. The summed E-state index contributed by atoms with van der Waals surface area (Å²) in [4.78, 5) is 14.5. The SMILES string of the molecule is CC1NCCN(C(=O)C2CC2c2cccc(F)c2F)C1C.Cl. The maximum atomic E-state index is 13.8. The Kier molecular flexibility index (Phi) is 5.07. The highest BCUT2D eigenvalue weighted by atomic mass is 35.5. The maximum absolute atomic E-state index is 13.8. The Morgan fingerprint density at radius 3 is 2.77 bits per heavy atom. The van der Waals surface area contributed by atoms with Gasteiger partial charge in [0, 0.05) is 31.1 Å². The van der Waals surface area contributed by atoms with Crippen LogP contribution in [0.3, 0.4) is 0 Å². The molecule has 1 aliphatic carbocycles. The van der Waals surface area contributed by atoms with Gasteiger partial charge in [-0.25, -0.2) is 8.78 Å². The summed E-state index contributed by atoms with van der Waals surface area (Å²) in [5, 5.41) is 3.33. The topological polar surface area (TPSA) is 32.3 Å². The zero-order valence-electron chi connectivity index (χ0n) is 12.7. The lowest BCUT2D eigenvalue weighted by atomic mass is 10.0. The number of rotatable bonds is 2. The maximum Gasteiger partial charge on any atom is 0.226 e. The van der Waals surface area contributed by atoms with E-state index in [0.717, 1.165) is 12.6 Å². The van der Waals surface area contributed by atoms with E-state index >= 15 is 0 Å². The highest BCUT2D eigenvalue weighted by Crippen LogP contribution is 2.49. The average molecular weight is 331 g/mol. The van der Waals surface area contributed by atoms with E-state index in [0.29, 0.717) is 18.5 Å². The number of hydrogen-bond donors (Lipinski definition) is 1. The molecule has 122 valence electrons. The van der Waals surface area contributed by atoms with E-state index in [4.69, 9.17) is 0 Å². The molecule has 4 unspecified atom stereocenters. The third-order valence-electron chi connectivity index (χ3n) is 4.81. The molecule has 1 aliphatic heterocycles. The van der Waals surface area contributed by atoms with Crippen LogP contribution in [0.25, 0.3) is 0 Å². The first-order valence-corrected chi connectivity index (χ1v) is 7.48. The Bertz CT molecular complexity index is 569. The second kappa shape index (κ2) is 6.50. The van der Waals surface area contributed by atoms with Crippen LogP contribution >= 0.6 is 12.4 Å². The fraction of sp³-hybridized carbons (Fsp3) is 0.562. The minimum Gasteiger partial charge on any atom is -0.337 e. The molecule has 2 aliphatic rings. The smallest absolute Gasteiger partial charge is 0.226 e. The minimum atomic E-state index is -0.838. The van der Waals surface area contributed by atoms with Crippen molar-refractivity contribution < 1.29 is 13.6 Å². The monoisotopic (exact) mass is 330 g/mol. The zero-order chi connectivity index (χ0) is 15.1. The second-order valence-electron chi connectivity index (χ2n) is 6.11. The third-order valence-corrected chi connectivity index (χ3v) is 4.81. The Balaban J connectivity index is 0.00000176. The zero-order valence-corrected chi connectivity index (χ0v) is 13.5. The number of carbonyl (C=O) groups is 1. The van der Waals surface area contributed by atoms with Crippen molar-refractivity contribution in [2.45, 2.75) is 38.3 Å². The van der Waals surface area contributed by atoms with E-state index < -0.39 is 11.6 Å². The lowest BCUT2D eigenvalue weighted by Gasteiger charge is -2.38. The van der Waals surface area contributed by atoms with Crippen LogP contribution in [0.1, 0.15) is 31.7 Å². The lowest BCUT2D eigenvalue weighted by molar-refractivity contribution is -0.136. The first-order chi connectivity index (χ1) is 10.0. The first-order valence-electron chi connectivity index (χ1n) is 7.48. The van der Waals surface area contributed by atoms with Crippen LogP contribution in [0.15, 0.2) is 18.2 Å². The van der Waals surface area contributed by atoms with Crippen LogP contribution < -0.4 is 5.32 Å². The van der Waals surface area contributed by atoms with Crippen LogP contribution in [-0.2, 0) is 4.79 Å². The quantitative estimate of drug-likeness (QED) is 0.904. The van der Waals surface area contributed by atoms with E-state index in [1.165, 1.54) is 6.07 Å². The molecule has 0 aromatic heterocycles. The molecule has 0 bridgehead atoms. The van der Waals surface area contributed by atoms with Gasteiger partial charge in [0.25, 0.3) is 0 Å². The van der Waals surface area contributed by atoms with E-state index in [1.54, 1.807) is 6.07 Å². The van der Waals surface area contributed by atoms with E-state index in [1.807, 2.05) is 11.8 Å². The van der Waals surface area contributed by atoms with Crippen LogP contribution in [0, 0.1) is 17.6 Å². The van der Waals surface area contributed by atoms with E-state index in [2.05, 4.69) is 12.2 Å². The van der Waals surface area contributed by atoms with Gasteiger partial charge in [0.05, 0.1) is 0 Å². The number of amides is 1. The molecule has 1 aromatic rings. The highest BCUT2D eigenvalue weighted by Gasteiger charge is 2.48. The molecule has 0 spiro atoms. The van der Waals surface area contributed by atoms with Crippen molar-refractivity contribution in [1.82, 2.24) is 10.2 Å². The van der Waals surface area contributed by atoms with Crippen molar-refractivity contribution in [3.8, 4) is 0 Å². The third kappa shape index (κ3) is 2.97. The Hall–Kier alpha value is -1.20. The summed E-state index contributed by atoms with van der Waals surface area (Å²) in [5.74, 6) is -1.95. The molecule has 1 heterocycles. The molecular weight excluding hydrogens is 310 g/mol. The van der Waals surface area contributed by atoms with Gasteiger partial charge < -0.3 is 10.2 Å². The van der Waals surface area contributed by atoms with Crippen molar-refractivity contribution in [1.29, 1.82) is 0 Å². The average Bonchev–Trinajstić information content (AvgIpc) is 3.24. The number of halogens is 3. The van der Waals surface area contributed by atoms with Crippen molar-refractivity contribution in [2.75, 3.05) is 13.1 Å². The van der Waals surface area contributed by atoms with Crippen molar-refractivity contribution >= 4 is 18.3 Å². The van der Waals surface area contributed by atoms with Gasteiger partial charge in [-0.2, -0.15) is 0 Å². The van der Waals surface area contributed by atoms with E-state index in [9.17, 15) is 13.6 Å². The molecule has 4 atom stereocenters. The highest BCUT2D eigenvalue weighted by molar-refractivity contribution is 5.85. The fourth-order valence-electron chi connectivity index (χ4n) is 3.20. The molecule has 0 radical (unpaired) electrons. The summed E-state index contributed by atoms with van der Waals surface area (Å²) in [5.41, 5.74) is 0.337. The van der Waals surface area contributed by atoms with Crippen molar-refractivity contribution in [3.63, 3.8) is 0 Å². The fourth-order valence-corrected chi connectivity index (χ4v) is 3.20. The minimum absolute atomic E-state index is 0. The Labute approximate surface area is 135 Å². The lowest BCUT2D eigenvalue weighted by Crippen LogP contribution is -2.57. The predicted octanol–water partition coefficient (Wildman–Crippen LogP) is 2.70. The van der Waals surface area contributed by atoms with Crippen LogP contribution in [-0.4, -0.2) is 36.0 Å². The number of nitrogens with one attached hydrogen (secondary N) is 1. The van der Waals surface area contributed by atoms with Gasteiger partial charge in [-0.05, 0) is 37.8 Å². The van der Waals surface area contributed by atoms with Gasteiger partial charge in [0.1, 0.15) is 0 Å². The standard InChI is InChI=1S/C16H20F2N2O.ClH/c1-9-10(2)20(7-6-19-9)16(21)13-8-12(13)11-4-3-5-14(17)15(11)18;/h3-5,9-10,12-13,19H,6-8H2,1-2H3;1H. The molecule has 6 heteroatoms. The number of hydrogen-bond acceptors (Lipinski definition) is 2. The molecule has 1 aromatic carbocycles.